The summed E-state index contributed by atoms with van der Waals surface area (Å²) in [7, 11) is 2.09. The quantitative estimate of drug-likeness (QED) is 0.621. The van der Waals surface area contributed by atoms with Crippen LogP contribution in [0, 0.1) is 26.2 Å². The standard InChI is InChI=1S/C15H25N3/c1-10-6-11(2)14(12(3)7-10)9-18(5)13(4)8-15(16)17/h6-7,13H,8-9H2,1-5H3,(H3,16,17). The van der Waals surface area contributed by atoms with E-state index in [0.717, 1.165) is 6.54 Å². The first-order valence-corrected chi connectivity index (χ1v) is 6.41. The number of benzene rings is 1. The summed E-state index contributed by atoms with van der Waals surface area (Å²) < 4.78 is 0. The highest BCUT2D eigenvalue weighted by Crippen LogP contribution is 2.19. The van der Waals surface area contributed by atoms with Crippen LogP contribution < -0.4 is 5.73 Å². The van der Waals surface area contributed by atoms with E-state index < -0.39 is 0 Å². The molecule has 1 rings (SSSR count). The molecule has 1 unspecified atom stereocenters. The van der Waals surface area contributed by atoms with Crippen LogP contribution in [0.4, 0.5) is 0 Å². The molecule has 0 spiro atoms. The number of rotatable bonds is 5. The number of nitrogens with two attached hydrogens (primary N) is 1. The van der Waals surface area contributed by atoms with Crippen LogP contribution in [0.25, 0.3) is 0 Å². The van der Waals surface area contributed by atoms with Gasteiger partial charge >= 0.3 is 0 Å². The third-order valence-electron chi connectivity index (χ3n) is 3.52. The van der Waals surface area contributed by atoms with Crippen molar-refractivity contribution in [2.45, 2.75) is 46.7 Å². The average Bonchev–Trinajstić information content (AvgIpc) is 2.21. The van der Waals surface area contributed by atoms with Crippen LogP contribution in [-0.2, 0) is 6.54 Å². The second-order valence-corrected chi connectivity index (χ2v) is 5.37. The molecule has 0 aliphatic heterocycles. The summed E-state index contributed by atoms with van der Waals surface area (Å²) in [5.41, 5.74) is 10.8. The third kappa shape index (κ3) is 3.84. The van der Waals surface area contributed by atoms with Gasteiger partial charge in [0.15, 0.2) is 0 Å². The highest BCUT2D eigenvalue weighted by atomic mass is 15.1. The van der Waals surface area contributed by atoms with Crippen LogP contribution in [0.15, 0.2) is 12.1 Å². The Hall–Kier alpha value is -1.35. The van der Waals surface area contributed by atoms with E-state index in [1.54, 1.807) is 0 Å². The van der Waals surface area contributed by atoms with E-state index in [1.807, 2.05) is 0 Å². The molecule has 100 valence electrons. The summed E-state index contributed by atoms with van der Waals surface area (Å²) >= 11 is 0. The Labute approximate surface area is 111 Å². The van der Waals surface area contributed by atoms with Gasteiger partial charge in [-0.1, -0.05) is 17.7 Å². The Balaban J connectivity index is 2.81. The minimum atomic E-state index is 0.256. The Kier molecular flexibility index (Phi) is 4.91. The van der Waals surface area contributed by atoms with Gasteiger partial charge in [0.2, 0.25) is 0 Å². The monoisotopic (exact) mass is 247 g/mol. The molecule has 0 bridgehead atoms. The molecular formula is C15H25N3. The predicted molar refractivity (Wildman–Crippen MR) is 78.1 cm³/mol. The van der Waals surface area contributed by atoms with Crippen molar-refractivity contribution in [3.8, 4) is 0 Å². The minimum Gasteiger partial charge on any atom is -0.388 e. The lowest BCUT2D eigenvalue weighted by molar-refractivity contribution is 0.253. The Morgan fingerprint density at radius 3 is 2.22 bits per heavy atom. The van der Waals surface area contributed by atoms with E-state index >= 15 is 0 Å². The van der Waals surface area contributed by atoms with Crippen molar-refractivity contribution < 1.29 is 0 Å². The molecule has 0 heterocycles. The van der Waals surface area contributed by atoms with Gasteiger partial charge in [-0.05, 0) is 51.4 Å². The van der Waals surface area contributed by atoms with Crippen molar-refractivity contribution in [2.24, 2.45) is 5.73 Å². The van der Waals surface area contributed by atoms with Crippen molar-refractivity contribution in [1.29, 1.82) is 5.41 Å². The van der Waals surface area contributed by atoms with Gasteiger partial charge in [-0.15, -0.1) is 0 Å². The predicted octanol–water partition coefficient (Wildman–Crippen LogP) is 2.76. The second kappa shape index (κ2) is 6.01. The van der Waals surface area contributed by atoms with Crippen LogP contribution in [0.2, 0.25) is 0 Å². The van der Waals surface area contributed by atoms with Crippen molar-refractivity contribution >= 4 is 5.84 Å². The number of amidine groups is 1. The highest BCUT2D eigenvalue weighted by molar-refractivity contribution is 5.77. The number of nitrogens with zero attached hydrogens (tertiary/aromatic N) is 1. The molecule has 0 aliphatic rings. The molecule has 0 aliphatic carbocycles. The Morgan fingerprint density at radius 2 is 1.78 bits per heavy atom. The van der Waals surface area contributed by atoms with Crippen molar-refractivity contribution in [1.82, 2.24) is 4.90 Å². The zero-order valence-corrected chi connectivity index (χ0v) is 12.2. The van der Waals surface area contributed by atoms with Gasteiger partial charge in [0.1, 0.15) is 0 Å². The normalized spacial score (nSPS) is 12.8. The van der Waals surface area contributed by atoms with E-state index in [0.29, 0.717) is 12.5 Å². The van der Waals surface area contributed by atoms with Crippen LogP contribution in [-0.4, -0.2) is 23.8 Å². The van der Waals surface area contributed by atoms with Crippen LogP contribution >= 0.6 is 0 Å². The van der Waals surface area contributed by atoms with Gasteiger partial charge in [-0.25, -0.2) is 0 Å². The van der Waals surface area contributed by atoms with Crippen LogP contribution in [0.3, 0.4) is 0 Å². The summed E-state index contributed by atoms with van der Waals surface area (Å²) in [5, 5.41) is 7.36. The molecule has 1 aromatic carbocycles. The zero-order valence-electron chi connectivity index (χ0n) is 12.2. The SMILES string of the molecule is Cc1cc(C)c(CN(C)C(C)CC(=N)N)c(C)c1. The summed E-state index contributed by atoms with van der Waals surface area (Å²) in [6.07, 6.45) is 0.625. The number of aryl methyl sites for hydroxylation is 3. The van der Waals surface area contributed by atoms with Crippen molar-refractivity contribution in [2.75, 3.05) is 7.05 Å². The van der Waals surface area contributed by atoms with Crippen molar-refractivity contribution in [3.05, 3.63) is 34.4 Å². The van der Waals surface area contributed by atoms with E-state index in [-0.39, 0.29) is 5.84 Å². The number of hydrogen-bond donors (Lipinski definition) is 2. The smallest absolute Gasteiger partial charge is 0.0920 e. The van der Waals surface area contributed by atoms with Gasteiger partial charge in [0.25, 0.3) is 0 Å². The molecule has 1 aromatic rings. The maximum absolute atomic E-state index is 7.36. The fourth-order valence-corrected chi connectivity index (χ4v) is 2.34. The molecule has 3 heteroatoms. The topological polar surface area (TPSA) is 53.1 Å². The zero-order chi connectivity index (χ0) is 13.9. The third-order valence-corrected chi connectivity index (χ3v) is 3.52. The molecule has 0 saturated carbocycles. The molecule has 18 heavy (non-hydrogen) atoms. The van der Waals surface area contributed by atoms with Gasteiger partial charge in [0, 0.05) is 19.0 Å². The van der Waals surface area contributed by atoms with Crippen LogP contribution in [0.5, 0.6) is 0 Å². The molecule has 0 aromatic heterocycles. The first-order valence-electron chi connectivity index (χ1n) is 6.41. The maximum Gasteiger partial charge on any atom is 0.0920 e. The molecule has 3 nitrogen and oxygen atoms in total. The van der Waals surface area contributed by atoms with Gasteiger partial charge in [-0.3, -0.25) is 10.3 Å². The molecule has 0 radical (unpaired) electrons. The molecule has 1 atom stereocenters. The molecule has 3 N–H and O–H groups in total. The van der Waals surface area contributed by atoms with E-state index in [4.69, 9.17) is 11.1 Å². The van der Waals surface area contributed by atoms with E-state index in [2.05, 4.69) is 51.8 Å². The minimum absolute atomic E-state index is 0.256. The van der Waals surface area contributed by atoms with E-state index in [9.17, 15) is 0 Å². The molecule has 0 fully saturated rings. The summed E-state index contributed by atoms with van der Waals surface area (Å²) in [6, 6.07) is 4.75. The summed E-state index contributed by atoms with van der Waals surface area (Å²) in [5.74, 6) is 0.256. The van der Waals surface area contributed by atoms with Gasteiger partial charge in [-0.2, -0.15) is 0 Å². The molecule has 0 saturated heterocycles. The maximum atomic E-state index is 7.36. The fraction of sp³-hybridized carbons (Fsp3) is 0.533. The lowest BCUT2D eigenvalue weighted by Gasteiger charge is -2.26. The summed E-state index contributed by atoms with van der Waals surface area (Å²) in [4.78, 5) is 2.26. The lowest BCUT2D eigenvalue weighted by atomic mass is 9.99. The van der Waals surface area contributed by atoms with Crippen LogP contribution in [0.1, 0.15) is 35.6 Å². The first-order chi connectivity index (χ1) is 8.31. The summed E-state index contributed by atoms with van der Waals surface area (Å²) in [6.45, 7) is 9.48. The largest absolute Gasteiger partial charge is 0.388 e. The first kappa shape index (κ1) is 14.7. The Bertz CT molecular complexity index is 414. The molecule has 0 amide bonds. The lowest BCUT2D eigenvalue weighted by Crippen LogP contribution is -2.32. The number of hydrogen-bond acceptors (Lipinski definition) is 2. The molecular weight excluding hydrogens is 222 g/mol. The van der Waals surface area contributed by atoms with E-state index in [1.165, 1.54) is 22.3 Å². The second-order valence-electron chi connectivity index (χ2n) is 5.37. The number of nitrogens with one attached hydrogen (secondary N) is 1. The Morgan fingerprint density at radius 1 is 1.28 bits per heavy atom. The van der Waals surface area contributed by atoms with Gasteiger partial charge in [0.05, 0.1) is 5.84 Å². The fourth-order valence-electron chi connectivity index (χ4n) is 2.34. The van der Waals surface area contributed by atoms with Crippen molar-refractivity contribution in [3.63, 3.8) is 0 Å². The highest BCUT2D eigenvalue weighted by Gasteiger charge is 2.13. The van der Waals surface area contributed by atoms with Gasteiger partial charge < -0.3 is 5.73 Å². The average molecular weight is 247 g/mol.